The molecule has 1 saturated heterocycles. The molecule has 0 aromatic heterocycles. The van der Waals surface area contributed by atoms with Crippen molar-refractivity contribution in [2.75, 3.05) is 36.4 Å². The zero-order valence-electron chi connectivity index (χ0n) is 14.1. The van der Waals surface area contributed by atoms with Gasteiger partial charge in [-0.3, -0.25) is 0 Å². The topological polar surface area (TPSA) is 35.6 Å². The number of carbonyl (C=O) groups is 1. The van der Waals surface area contributed by atoms with Crippen molar-refractivity contribution in [3.8, 4) is 0 Å². The largest absolute Gasteiger partial charge is 0.367 e. The van der Waals surface area contributed by atoms with E-state index in [9.17, 15) is 4.79 Å². The molecule has 2 amide bonds. The molecule has 3 rings (SSSR count). The van der Waals surface area contributed by atoms with Crippen molar-refractivity contribution in [3.63, 3.8) is 0 Å². The van der Waals surface area contributed by atoms with Crippen LogP contribution in [0.4, 0.5) is 16.2 Å². The van der Waals surface area contributed by atoms with Crippen molar-refractivity contribution in [3.05, 3.63) is 58.6 Å². The molecule has 1 aliphatic heterocycles. The summed E-state index contributed by atoms with van der Waals surface area (Å²) in [6.07, 6.45) is 0. The lowest BCUT2D eigenvalue weighted by Gasteiger charge is -2.36. The third kappa shape index (κ3) is 3.65. The number of benzene rings is 2. The van der Waals surface area contributed by atoms with Crippen LogP contribution < -0.4 is 10.2 Å². The van der Waals surface area contributed by atoms with Crippen LogP contribution in [-0.2, 0) is 0 Å². The van der Waals surface area contributed by atoms with E-state index >= 15 is 0 Å². The van der Waals surface area contributed by atoms with Gasteiger partial charge in [0.05, 0.1) is 10.7 Å². The summed E-state index contributed by atoms with van der Waals surface area (Å²) in [5.41, 5.74) is 4.28. The van der Waals surface area contributed by atoms with Crippen molar-refractivity contribution in [2.24, 2.45) is 0 Å². The predicted molar refractivity (Wildman–Crippen MR) is 100 cm³/mol. The number of hydrogen-bond acceptors (Lipinski definition) is 2. The molecule has 1 fully saturated rings. The van der Waals surface area contributed by atoms with E-state index in [2.05, 4.69) is 17.1 Å². The number of aryl methyl sites for hydroxylation is 2. The van der Waals surface area contributed by atoms with Crippen LogP contribution in [0.2, 0.25) is 5.02 Å². The second-order valence-corrected chi connectivity index (χ2v) is 6.56. The van der Waals surface area contributed by atoms with Crippen molar-refractivity contribution >= 4 is 29.0 Å². The Morgan fingerprint density at radius 1 is 1.00 bits per heavy atom. The third-order valence-corrected chi connectivity index (χ3v) is 4.84. The van der Waals surface area contributed by atoms with Gasteiger partial charge in [0.1, 0.15) is 0 Å². The second kappa shape index (κ2) is 7.14. The van der Waals surface area contributed by atoms with Gasteiger partial charge in [0.15, 0.2) is 0 Å². The number of rotatable bonds is 2. The molecule has 0 saturated carbocycles. The van der Waals surface area contributed by atoms with Crippen molar-refractivity contribution < 1.29 is 4.79 Å². The van der Waals surface area contributed by atoms with Gasteiger partial charge in [-0.2, -0.15) is 0 Å². The molecule has 5 heteroatoms. The van der Waals surface area contributed by atoms with Crippen LogP contribution in [0.5, 0.6) is 0 Å². The van der Waals surface area contributed by atoms with Crippen molar-refractivity contribution in [1.82, 2.24) is 4.90 Å². The number of halogens is 1. The number of urea groups is 1. The minimum atomic E-state index is -0.0444. The van der Waals surface area contributed by atoms with E-state index in [4.69, 9.17) is 11.6 Å². The molecule has 0 radical (unpaired) electrons. The minimum Gasteiger partial charge on any atom is -0.367 e. The van der Waals surface area contributed by atoms with Gasteiger partial charge in [-0.15, -0.1) is 0 Å². The van der Waals surface area contributed by atoms with Gasteiger partial charge in [0.2, 0.25) is 0 Å². The van der Waals surface area contributed by atoms with Crippen LogP contribution >= 0.6 is 11.6 Å². The summed E-state index contributed by atoms with van der Waals surface area (Å²) in [6, 6.07) is 13.8. The van der Waals surface area contributed by atoms with Crippen LogP contribution in [0.15, 0.2) is 42.5 Å². The number of carbonyl (C=O) groups excluding carboxylic acids is 1. The Morgan fingerprint density at radius 3 is 2.38 bits per heavy atom. The van der Waals surface area contributed by atoms with Crippen LogP contribution in [0.3, 0.4) is 0 Å². The van der Waals surface area contributed by atoms with E-state index in [1.165, 1.54) is 11.1 Å². The normalized spacial score (nSPS) is 14.6. The van der Waals surface area contributed by atoms with E-state index in [1.807, 2.05) is 54.3 Å². The average molecular weight is 344 g/mol. The Hall–Kier alpha value is -2.20. The summed E-state index contributed by atoms with van der Waals surface area (Å²) < 4.78 is 0. The molecule has 24 heavy (non-hydrogen) atoms. The Labute approximate surface area is 148 Å². The molecule has 0 atom stereocenters. The molecule has 126 valence electrons. The number of amides is 2. The Balaban J connectivity index is 1.59. The van der Waals surface area contributed by atoms with Crippen LogP contribution in [-0.4, -0.2) is 37.1 Å². The number of para-hydroxylation sites is 1. The zero-order valence-corrected chi connectivity index (χ0v) is 14.8. The van der Waals surface area contributed by atoms with Crippen molar-refractivity contribution in [1.29, 1.82) is 0 Å². The van der Waals surface area contributed by atoms with E-state index in [0.717, 1.165) is 29.5 Å². The second-order valence-electron chi connectivity index (χ2n) is 6.15. The highest BCUT2D eigenvalue weighted by atomic mass is 35.5. The fourth-order valence-electron chi connectivity index (χ4n) is 2.88. The van der Waals surface area contributed by atoms with E-state index in [0.29, 0.717) is 13.1 Å². The molecule has 0 bridgehead atoms. The summed E-state index contributed by atoms with van der Waals surface area (Å²) in [4.78, 5) is 16.5. The number of anilines is 2. The lowest BCUT2D eigenvalue weighted by atomic mass is 10.1. The highest BCUT2D eigenvalue weighted by Crippen LogP contribution is 2.26. The molecule has 0 aliphatic carbocycles. The Morgan fingerprint density at radius 2 is 1.71 bits per heavy atom. The van der Waals surface area contributed by atoms with Gasteiger partial charge >= 0.3 is 6.03 Å². The van der Waals surface area contributed by atoms with E-state index in [1.54, 1.807) is 0 Å². The Bertz CT molecular complexity index is 739. The summed E-state index contributed by atoms with van der Waals surface area (Å²) in [6.45, 7) is 7.04. The first kappa shape index (κ1) is 16.7. The molecule has 0 unspecified atom stereocenters. The summed E-state index contributed by atoms with van der Waals surface area (Å²) >= 11 is 6.26. The molecule has 1 heterocycles. The highest BCUT2D eigenvalue weighted by molar-refractivity contribution is 6.33. The number of nitrogens with one attached hydrogen (secondary N) is 1. The first-order chi connectivity index (χ1) is 11.5. The van der Waals surface area contributed by atoms with Crippen LogP contribution in [0.1, 0.15) is 11.1 Å². The molecular weight excluding hydrogens is 322 g/mol. The maximum Gasteiger partial charge on any atom is 0.321 e. The zero-order chi connectivity index (χ0) is 17.1. The first-order valence-corrected chi connectivity index (χ1v) is 8.55. The lowest BCUT2D eigenvalue weighted by molar-refractivity contribution is 0.208. The summed E-state index contributed by atoms with van der Waals surface area (Å²) in [5, 5.41) is 3.74. The molecule has 1 aliphatic rings. The molecular formula is C19H22ClN3O. The Kier molecular flexibility index (Phi) is 4.95. The average Bonchev–Trinajstić information content (AvgIpc) is 2.59. The number of piperazine rings is 1. The maximum absolute atomic E-state index is 12.4. The molecule has 1 N–H and O–H groups in total. The summed E-state index contributed by atoms with van der Waals surface area (Å²) in [7, 11) is 0. The van der Waals surface area contributed by atoms with Crippen LogP contribution in [0.25, 0.3) is 0 Å². The number of nitrogens with zero attached hydrogens (tertiary/aromatic N) is 2. The van der Waals surface area contributed by atoms with Crippen molar-refractivity contribution in [2.45, 2.75) is 13.8 Å². The molecule has 2 aromatic carbocycles. The maximum atomic E-state index is 12.4. The standard InChI is InChI=1S/C19H22ClN3O/c1-14-7-8-16(13-15(14)2)21-19(24)23-11-9-22(10-12-23)18-6-4-3-5-17(18)20/h3-8,13H,9-12H2,1-2H3,(H,21,24). The van der Waals surface area contributed by atoms with Gasteiger partial charge in [-0.25, -0.2) is 4.79 Å². The smallest absolute Gasteiger partial charge is 0.321 e. The minimum absolute atomic E-state index is 0.0444. The van der Waals surface area contributed by atoms with Crippen LogP contribution in [0, 0.1) is 13.8 Å². The van der Waals surface area contributed by atoms with Gasteiger partial charge < -0.3 is 15.1 Å². The first-order valence-electron chi connectivity index (χ1n) is 8.17. The van der Waals surface area contributed by atoms with E-state index in [-0.39, 0.29) is 6.03 Å². The quantitative estimate of drug-likeness (QED) is 0.881. The van der Waals surface area contributed by atoms with Gasteiger partial charge in [0, 0.05) is 31.9 Å². The third-order valence-electron chi connectivity index (χ3n) is 4.52. The van der Waals surface area contributed by atoms with E-state index < -0.39 is 0 Å². The fraction of sp³-hybridized carbons (Fsp3) is 0.316. The monoisotopic (exact) mass is 343 g/mol. The van der Waals surface area contributed by atoms with Gasteiger partial charge in [-0.05, 0) is 49.2 Å². The number of hydrogen-bond donors (Lipinski definition) is 1. The molecule has 2 aromatic rings. The summed E-state index contributed by atoms with van der Waals surface area (Å²) in [5.74, 6) is 0. The fourth-order valence-corrected chi connectivity index (χ4v) is 3.14. The highest BCUT2D eigenvalue weighted by Gasteiger charge is 2.22. The molecule has 4 nitrogen and oxygen atoms in total. The predicted octanol–water partition coefficient (Wildman–Crippen LogP) is 4.31. The van der Waals surface area contributed by atoms with Gasteiger partial charge in [0.25, 0.3) is 0 Å². The lowest BCUT2D eigenvalue weighted by Crippen LogP contribution is -2.50. The molecule has 0 spiro atoms. The van der Waals surface area contributed by atoms with Gasteiger partial charge in [-0.1, -0.05) is 29.8 Å². The SMILES string of the molecule is Cc1ccc(NC(=O)N2CCN(c3ccccc3Cl)CC2)cc1C.